The molecule has 0 spiro atoms. The second-order valence-electron chi connectivity index (χ2n) is 4.49. The Morgan fingerprint density at radius 3 is 2.08 bits per heavy atom. The Labute approximate surface area is 90.8 Å². The summed E-state index contributed by atoms with van der Waals surface area (Å²) in [4.78, 5) is 0. The van der Waals surface area contributed by atoms with Crippen LogP contribution in [0.1, 0.15) is 43.9 Å². The molecular weight excluding hydrogens is 176 g/mol. The monoisotopic (exact) mass is 198 g/mol. The van der Waals surface area contributed by atoms with E-state index in [2.05, 4.69) is 0 Å². The maximum Gasteiger partial charge on any atom is 0.0316 e. The maximum atomic E-state index is 8.34. The first-order valence-electron chi connectivity index (χ1n) is 7.15. The lowest BCUT2D eigenvalue weighted by Crippen LogP contribution is -2.44. The first kappa shape index (κ1) is 5.25. The minimum atomic E-state index is -1.34. The molecule has 2 unspecified atom stereocenters. The summed E-state index contributed by atoms with van der Waals surface area (Å²) in [6, 6.07) is 0. The van der Waals surface area contributed by atoms with Crippen molar-refractivity contribution in [3.63, 3.8) is 0 Å². The first-order chi connectivity index (χ1) is 7.87. The molecular formula is C12H18S. The maximum absolute atomic E-state index is 8.34. The van der Waals surface area contributed by atoms with Gasteiger partial charge in [0.15, 0.2) is 0 Å². The van der Waals surface area contributed by atoms with E-state index in [0.29, 0.717) is 0 Å². The van der Waals surface area contributed by atoms with Gasteiger partial charge in [-0.2, -0.15) is 11.8 Å². The van der Waals surface area contributed by atoms with Crippen LogP contribution in [0.4, 0.5) is 0 Å². The summed E-state index contributed by atoms with van der Waals surface area (Å²) in [6.45, 7) is 0. The smallest absolute Gasteiger partial charge is 0.0316 e. The summed E-state index contributed by atoms with van der Waals surface area (Å²) in [7, 11) is 0. The van der Waals surface area contributed by atoms with Crippen LogP contribution in [0, 0.1) is 10.8 Å². The zero-order valence-electron chi connectivity index (χ0n) is 11.8. The highest BCUT2D eigenvalue weighted by atomic mass is 32.2. The molecule has 2 aliphatic carbocycles. The van der Waals surface area contributed by atoms with Gasteiger partial charge in [-0.1, -0.05) is 25.0 Å². The lowest BCUT2D eigenvalue weighted by Gasteiger charge is -2.50. The summed E-state index contributed by atoms with van der Waals surface area (Å²) >= 11 is 1.75. The van der Waals surface area contributed by atoms with Gasteiger partial charge in [0.05, 0.1) is 0 Å². The van der Waals surface area contributed by atoms with Crippen molar-refractivity contribution in [3.8, 4) is 0 Å². The molecule has 3 rings (SSSR count). The zero-order chi connectivity index (χ0) is 12.4. The fourth-order valence-electron chi connectivity index (χ4n) is 3.06. The number of hydrogen-bond donors (Lipinski definition) is 0. The fraction of sp³-hybridized carbons (Fsp3) is 0.833. The number of rotatable bonds is 0. The van der Waals surface area contributed by atoms with Crippen molar-refractivity contribution >= 4 is 11.8 Å². The van der Waals surface area contributed by atoms with E-state index in [1.165, 1.54) is 12.2 Å². The van der Waals surface area contributed by atoms with Gasteiger partial charge in [0, 0.05) is 5.48 Å². The minimum absolute atomic E-state index is 0.471. The van der Waals surface area contributed by atoms with Crippen molar-refractivity contribution in [1.29, 1.82) is 0 Å². The zero-order valence-corrected chi connectivity index (χ0v) is 8.62. The molecule has 1 heteroatoms. The van der Waals surface area contributed by atoms with Gasteiger partial charge in [0.2, 0.25) is 0 Å². The highest BCUT2D eigenvalue weighted by molar-refractivity contribution is 7.99. The van der Waals surface area contributed by atoms with E-state index < -0.39 is 23.6 Å². The predicted octanol–water partition coefficient (Wildman–Crippen LogP) is 3.63. The van der Waals surface area contributed by atoms with Crippen LogP contribution >= 0.6 is 11.8 Å². The van der Waals surface area contributed by atoms with E-state index in [1.54, 1.807) is 11.8 Å². The molecule has 72 valence electrons. The Bertz CT molecular complexity index is 345. The summed E-state index contributed by atoms with van der Waals surface area (Å²) in [6.07, 6.45) is 4.10. The second kappa shape index (κ2) is 2.79. The predicted molar refractivity (Wildman–Crippen MR) is 59.0 cm³/mol. The standard InChI is InChI=1S/C12H18S/c1-2-6-12-8-4-3-7-11(12,5-1)9-13-10-12/h1-2H,3-10H2/i5D2,6D2. The van der Waals surface area contributed by atoms with E-state index in [0.717, 1.165) is 37.2 Å². The van der Waals surface area contributed by atoms with Crippen molar-refractivity contribution in [3.05, 3.63) is 12.2 Å². The van der Waals surface area contributed by atoms with Gasteiger partial charge in [0.1, 0.15) is 0 Å². The van der Waals surface area contributed by atoms with Crippen LogP contribution < -0.4 is 0 Å². The van der Waals surface area contributed by atoms with E-state index >= 15 is 0 Å². The summed E-state index contributed by atoms with van der Waals surface area (Å²) in [5, 5.41) is 0. The molecule has 0 bridgehead atoms. The molecule has 1 heterocycles. The molecule has 0 radical (unpaired) electrons. The van der Waals surface area contributed by atoms with Crippen molar-refractivity contribution in [2.75, 3.05) is 11.5 Å². The molecule has 3 aliphatic rings. The Balaban J connectivity index is 2.22. The Morgan fingerprint density at radius 2 is 1.54 bits per heavy atom. The number of hydrogen-bond acceptors (Lipinski definition) is 1. The molecule has 1 saturated heterocycles. The van der Waals surface area contributed by atoms with Crippen LogP contribution in [0.15, 0.2) is 12.2 Å². The van der Waals surface area contributed by atoms with Crippen molar-refractivity contribution in [2.45, 2.75) is 38.4 Å². The van der Waals surface area contributed by atoms with E-state index in [1.807, 2.05) is 0 Å². The van der Waals surface area contributed by atoms with Crippen molar-refractivity contribution < 1.29 is 5.48 Å². The third-order valence-electron chi connectivity index (χ3n) is 3.87. The first-order valence-corrected chi connectivity index (χ1v) is 6.31. The molecule has 0 N–H and O–H groups in total. The number of thioether (sulfide) groups is 1. The summed E-state index contributed by atoms with van der Waals surface area (Å²) in [5.41, 5.74) is -0.942. The molecule has 0 aromatic heterocycles. The molecule has 0 amide bonds. The molecule has 1 saturated carbocycles. The van der Waals surface area contributed by atoms with Crippen molar-refractivity contribution in [1.82, 2.24) is 0 Å². The van der Waals surface area contributed by atoms with E-state index in [-0.39, 0.29) is 0 Å². The average Bonchev–Trinajstić information content (AvgIpc) is 2.68. The van der Waals surface area contributed by atoms with Crippen LogP contribution in [0.2, 0.25) is 0 Å². The highest BCUT2D eigenvalue weighted by Gasteiger charge is 2.55. The van der Waals surface area contributed by atoms with Gasteiger partial charge >= 0.3 is 0 Å². The van der Waals surface area contributed by atoms with Gasteiger partial charge in [0.25, 0.3) is 0 Å². The highest BCUT2D eigenvalue weighted by Crippen LogP contribution is 2.63. The molecule has 2 atom stereocenters. The van der Waals surface area contributed by atoms with Gasteiger partial charge in [-0.3, -0.25) is 0 Å². The Morgan fingerprint density at radius 1 is 1.00 bits per heavy atom. The third-order valence-corrected chi connectivity index (χ3v) is 5.27. The van der Waals surface area contributed by atoms with Crippen LogP contribution in [-0.2, 0) is 0 Å². The third kappa shape index (κ3) is 1.000. The second-order valence-corrected chi connectivity index (χ2v) is 5.47. The summed E-state index contributed by atoms with van der Waals surface area (Å²) in [5.74, 6) is 1.56. The van der Waals surface area contributed by atoms with Crippen LogP contribution in [0.5, 0.6) is 0 Å². The fourth-order valence-corrected chi connectivity index (χ4v) is 4.87. The Kier molecular flexibility index (Phi) is 1.13. The average molecular weight is 198 g/mol. The van der Waals surface area contributed by atoms with Gasteiger partial charge in [-0.05, 0) is 47.9 Å². The molecule has 0 aromatic carbocycles. The van der Waals surface area contributed by atoms with Gasteiger partial charge < -0.3 is 0 Å². The minimum Gasteiger partial charge on any atom is -0.161 e. The van der Waals surface area contributed by atoms with Crippen LogP contribution in [0.25, 0.3) is 0 Å². The summed E-state index contributed by atoms with van der Waals surface area (Å²) < 4.78 is 33.4. The van der Waals surface area contributed by atoms with Crippen molar-refractivity contribution in [2.24, 2.45) is 10.8 Å². The SMILES string of the molecule is [2H]C1([2H])C=CC([2H])([2H])C23CCCCC12CSC3. The number of allylic oxidation sites excluding steroid dienone is 2. The van der Waals surface area contributed by atoms with E-state index in [4.69, 9.17) is 5.48 Å². The lowest BCUT2D eigenvalue weighted by atomic mass is 9.53. The van der Waals surface area contributed by atoms with Gasteiger partial charge in [-0.15, -0.1) is 0 Å². The largest absolute Gasteiger partial charge is 0.161 e. The van der Waals surface area contributed by atoms with Crippen LogP contribution in [-0.4, -0.2) is 11.5 Å². The molecule has 0 aromatic rings. The molecule has 2 fully saturated rings. The lowest BCUT2D eigenvalue weighted by molar-refractivity contribution is 0.0342. The van der Waals surface area contributed by atoms with E-state index in [9.17, 15) is 0 Å². The normalized spacial score (nSPS) is 60.9. The Hall–Kier alpha value is 0.0900. The quantitative estimate of drug-likeness (QED) is 0.536. The molecule has 13 heavy (non-hydrogen) atoms. The molecule has 0 nitrogen and oxygen atoms in total. The van der Waals surface area contributed by atoms with Crippen LogP contribution in [0.3, 0.4) is 0 Å². The molecule has 1 aliphatic heterocycles. The van der Waals surface area contributed by atoms with Gasteiger partial charge in [-0.25, -0.2) is 0 Å². The topological polar surface area (TPSA) is 0 Å².